The summed E-state index contributed by atoms with van der Waals surface area (Å²) < 4.78 is 32.5. The highest BCUT2D eigenvalue weighted by atomic mass is 35.5. The van der Waals surface area contributed by atoms with E-state index < -0.39 is 10.0 Å². The molecule has 1 amide bonds. The second-order valence-electron chi connectivity index (χ2n) is 7.10. The third kappa shape index (κ3) is 4.65. The Kier molecular flexibility index (Phi) is 5.84. The van der Waals surface area contributed by atoms with Crippen molar-refractivity contribution >= 4 is 33.4 Å². The van der Waals surface area contributed by atoms with Crippen LogP contribution in [0.2, 0.25) is 5.02 Å². The maximum Gasteiger partial charge on any atom is 0.263 e. The first kappa shape index (κ1) is 21.1. The summed E-state index contributed by atoms with van der Waals surface area (Å²) in [7, 11) is -1.89. The Morgan fingerprint density at radius 1 is 1.10 bits per heavy atom. The molecular formula is C22H20ClN3O4S. The standard InChI is InChI=1S/C22H20ClN3O4S/c1-26(14-17-10-11-19(30-17)15-6-8-16(23)9-7-15)21(27)12-13-24-22-18-4-2-3-5-20(18)31(28,29)25-22/h2-11H,12-14H2,1H3,(H,24,25). The number of amides is 1. The molecule has 1 aliphatic heterocycles. The number of nitrogens with one attached hydrogen (secondary N) is 1. The van der Waals surface area contributed by atoms with E-state index in [1.54, 1.807) is 42.3 Å². The first-order valence-electron chi connectivity index (χ1n) is 9.59. The number of fused-ring (bicyclic) bond motifs is 1. The summed E-state index contributed by atoms with van der Waals surface area (Å²) in [4.78, 5) is 18.5. The number of rotatable bonds is 6. The number of halogens is 1. The van der Waals surface area contributed by atoms with Crippen molar-refractivity contribution in [1.82, 2.24) is 9.62 Å². The zero-order valence-electron chi connectivity index (χ0n) is 16.7. The van der Waals surface area contributed by atoms with Gasteiger partial charge in [0.15, 0.2) is 0 Å². The molecule has 0 fully saturated rings. The number of aliphatic imine (C=N–C) groups is 1. The van der Waals surface area contributed by atoms with Gasteiger partial charge in [0.05, 0.1) is 18.0 Å². The molecule has 1 aromatic heterocycles. The summed E-state index contributed by atoms with van der Waals surface area (Å²) in [6, 6.07) is 17.6. The van der Waals surface area contributed by atoms with E-state index in [0.717, 1.165) is 5.56 Å². The fourth-order valence-corrected chi connectivity index (χ4v) is 4.64. The molecule has 9 heteroatoms. The average molecular weight is 458 g/mol. The van der Waals surface area contributed by atoms with Crippen LogP contribution < -0.4 is 4.72 Å². The minimum absolute atomic E-state index is 0.122. The van der Waals surface area contributed by atoms with Crippen molar-refractivity contribution in [2.45, 2.75) is 17.9 Å². The van der Waals surface area contributed by atoms with Crippen molar-refractivity contribution in [3.8, 4) is 11.3 Å². The lowest BCUT2D eigenvalue weighted by Crippen LogP contribution is -2.27. The number of furan rings is 1. The van der Waals surface area contributed by atoms with Gasteiger partial charge in [0.25, 0.3) is 10.0 Å². The van der Waals surface area contributed by atoms with Crippen LogP contribution in [0, 0.1) is 0 Å². The van der Waals surface area contributed by atoms with Gasteiger partial charge < -0.3 is 9.32 Å². The van der Waals surface area contributed by atoms with Gasteiger partial charge >= 0.3 is 0 Å². The summed E-state index contributed by atoms with van der Waals surface area (Å²) in [5.41, 5.74) is 1.42. The molecule has 0 atom stereocenters. The van der Waals surface area contributed by atoms with E-state index in [1.165, 1.54) is 6.07 Å². The molecular weight excluding hydrogens is 438 g/mol. The topological polar surface area (TPSA) is 92.0 Å². The van der Waals surface area contributed by atoms with Crippen LogP contribution in [0.3, 0.4) is 0 Å². The van der Waals surface area contributed by atoms with Crippen LogP contribution in [0.15, 0.2) is 75.0 Å². The largest absolute Gasteiger partial charge is 0.459 e. The molecule has 4 rings (SSSR count). The van der Waals surface area contributed by atoms with Crippen LogP contribution in [-0.4, -0.2) is 38.7 Å². The van der Waals surface area contributed by atoms with Gasteiger partial charge in [-0.2, -0.15) is 0 Å². The highest BCUT2D eigenvalue weighted by molar-refractivity contribution is 7.90. The fraction of sp³-hybridized carbons (Fsp3) is 0.182. The minimum atomic E-state index is -3.58. The van der Waals surface area contributed by atoms with Crippen LogP contribution in [0.4, 0.5) is 0 Å². The molecule has 0 radical (unpaired) electrons. The molecule has 7 nitrogen and oxygen atoms in total. The SMILES string of the molecule is CN(Cc1ccc(-c2ccc(Cl)cc2)o1)C(=O)CCN=C1NS(=O)(=O)c2ccccc21. The number of benzene rings is 2. The number of amidine groups is 1. The van der Waals surface area contributed by atoms with Crippen LogP contribution in [0.5, 0.6) is 0 Å². The Labute approximate surface area is 185 Å². The second-order valence-corrected chi connectivity index (χ2v) is 9.19. The lowest BCUT2D eigenvalue weighted by molar-refractivity contribution is -0.130. The van der Waals surface area contributed by atoms with Gasteiger partial charge in [-0.05, 0) is 48.5 Å². The van der Waals surface area contributed by atoms with Crippen LogP contribution in [-0.2, 0) is 21.4 Å². The third-order valence-corrected chi connectivity index (χ3v) is 6.52. The molecule has 1 N–H and O–H groups in total. The molecule has 1 aliphatic rings. The smallest absolute Gasteiger partial charge is 0.263 e. The number of carbonyl (C=O) groups excluding carboxylic acids is 1. The number of hydrogen-bond acceptors (Lipinski definition) is 5. The minimum Gasteiger partial charge on any atom is -0.459 e. The van der Waals surface area contributed by atoms with Gasteiger partial charge in [0.2, 0.25) is 5.91 Å². The van der Waals surface area contributed by atoms with Crippen LogP contribution in [0.1, 0.15) is 17.7 Å². The van der Waals surface area contributed by atoms with Gasteiger partial charge in [0.1, 0.15) is 17.4 Å². The van der Waals surface area contributed by atoms with Gasteiger partial charge in [-0.15, -0.1) is 0 Å². The summed E-state index contributed by atoms with van der Waals surface area (Å²) in [6.07, 6.45) is 0.147. The molecule has 0 saturated heterocycles. The Bertz CT molecular complexity index is 1250. The van der Waals surface area contributed by atoms with Crippen LogP contribution >= 0.6 is 11.6 Å². The molecule has 0 saturated carbocycles. The van der Waals surface area contributed by atoms with Crippen molar-refractivity contribution in [1.29, 1.82) is 0 Å². The summed E-state index contributed by atoms with van der Waals surface area (Å²) >= 11 is 5.91. The highest BCUT2D eigenvalue weighted by Gasteiger charge is 2.30. The molecule has 2 aromatic carbocycles. The first-order chi connectivity index (χ1) is 14.8. The number of sulfonamides is 1. The van der Waals surface area contributed by atoms with Crippen molar-refractivity contribution in [3.63, 3.8) is 0 Å². The molecule has 0 unspecified atom stereocenters. The van der Waals surface area contributed by atoms with E-state index in [2.05, 4.69) is 9.71 Å². The maximum atomic E-state index is 12.5. The zero-order chi connectivity index (χ0) is 22.0. The fourth-order valence-electron chi connectivity index (χ4n) is 3.26. The molecule has 3 aromatic rings. The lowest BCUT2D eigenvalue weighted by atomic mass is 10.2. The number of carbonyl (C=O) groups is 1. The summed E-state index contributed by atoms with van der Waals surface area (Å²) in [6.45, 7) is 0.488. The van der Waals surface area contributed by atoms with Gasteiger partial charge in [-0.3, -0.25) is 14.5 Å². The molecule has 0 aliphatic carbocycles. The van der Waals surface area contributed by atoms with Crippen molar-refractivity contribution in [2.24, 2.45) is 4.99 Å². The van der Waals surface area contributed by atoms with E-state index in [4.69, 9.17) is 16.0 Å². The molecule has 31 heavy (non-hydrogen) atoms. The average Bonchev–Trinajstić information content (AvgIpc) is 3.31. The number of hydrogen-bond donors (Lipinski definition) is 1. The van der Waals surface area contributed by atoms with Gasteiger partial charge in [0, 0.05) is 29.6 Å². The van der Waals surface area contributed by atoms with Crippen LogP contribution in [0.25, 0.3) is 11.3 Å². The van der Waals surface area contributed by atoms with E-state index in [9.17, 15) is 13.2 Å². The Balaban J connectivity index is 1.35. The predicted octanol–water partition coefficient (Wildman–Crippen LogP) is 3.69. The van der Waals surface area contributed by atoms with E-state index in [1.807, 2.05) is 24.3 Å². The highest BCUT2D eigenvalue weighted by Crippen LogP contribution is 2.25. The molecule has 0 bridgehead atoms. The molecule has 160 valence electrons. The van der Waals surface area contributed by atoms with E-state index in [-0.39, 0.29) is 29.6 Å². The van der Waals surface area contributed by atoms with Crippen molar-refractivity contribution < 1.29 is 17.6 Å². The Morgan fingerprint density at radius 2 is 1.84 bits per heavy atom. The summed E-state index contributed by atoms with van der Waals surface area (Å²) in [5.74, 6) is 1.50. The Hall–Kier alpha value is -3.10. The van der Waals surface area contributed by atoms with E-state index >= 15 is 0 Å². The molecule has 2 heterocycles. The monoisotopic (exact) mass is 457 g/mol. The normalized spacial score (nSPS) is 15.5. The predicted molar refractivity (Wildman–Crippen MR) is 118 cm³/mol. The lowest BCUT2D eigenvalue weighted by Gasteiger charge is -2.15. The second kappa shape index (κ2) is 8.56. The quantitative estimate of drug-likeness (QED) is 0.611. The Morgan fingerprint density at radius 3 is 2.61 bits per heavy atom. The number of nitrogens with zero attached hydrogens (tertiary/aromatic N) is 2. The van der Waals surface area contributed by atoms with Crippen molar-refractivity contribution in [2.75, 3.05) is 13.6 Å². The maximum absolute atomic E-state index is 12.5. The van der Waals surface area contributed by atoms with Gasteiger partial charge in [-0.25, -0.2) is 8.42 Å². The van der Waals surface area contributed by atoms with Gasteiger partial charge in [-0.1, -0.05) is 23.7 Å². The van der Waals surface area contributed by atoms with Crippen molar-refractivity contribution in [3.05, 3.63) is 77.0 Å². The third-order valence-electron chi connectivity index (χ3n) is 4.87. The molecule has 0 spiro atoms. The van der Waals surface area contributed by atoms with E-state index in [0.29, 0.717) is 28.7 Å². The summed E-state index contributed by atoms with van der Waals surface area (Å²) in [5, 5.41) is 0.651. The zero-order valence-corrected chi connectivity index (χ0v) is 18.3. The first-order valence-corrected chi connectivity index (χ1v) is 11.4.